The van der Waals surface area contributed by atoms with Gasteiger partial charge < -0.3 is 4.98 Å². The highest BCUT2D eigenvalue weighted by atomic mass is 14.9. The van der Waals surface area contributed by atoms with Gasteiger partial charge in [-0.2, -0.15) is 0 Å². The highest BCUT2D eigenvalue weighted by molar-refractivity contribution is 5.03. The zero-order valence-corrected chi connectivity index (χ0v) is 6.71. The standard InChI is InChI=1S/C9H14N2/c1-2-4-8(5-3-1)9-6-10-7-11-9/h6-8H,1-5H2,(H,10,11). The van der Waals surface area contributed by atoms with Crippen LogP contribution in [0.2, 0.25) is 0 Å². The van der Waals surface area contributed by atoms with Gasteiger partial charge in [0.25, 0.3) is 0 Å². The Morgan fingerprint density at radius 2 is 2.09 bits per heavy atom. The number of nitrogens with zero attached hydrogens (tertiary/aromatic N) is 1. The predicted octanol–water partition coefficient (Wildman–Crippen LogP) is 2.46. The molecule has 1 aliphatic carbocycles. The fraction of sp³-hybridized carbons (Fsp3) is 0.667. The zero-order valence-electron chi connectivity index (χ0n) is 6.71. The summed E-state index contributed by atoms with van der Waals surface area (Å²) in [6.07, 6.45) is 10.7. The average molecular weight is 150 g/mol. The molecule has 60 valence electrons. The molecular formula is C9H14N2. The molecule has 0 spiro atoms. The molecule has 0 unspecified atom stereocenters. The van der Waals surface area contributed by atoms with Crippen molar-refractivity contribution in [2.24, 2.45) is 0 Å². The summed E-state index contributed by atoms with van der Waals surface area (Å²) in [4.78, 5) is 7.30. The molecule has 2 nitrogen and oxygen atoms in total. The van der Waals surface area contributed by atoms with Gasteiger partial charge in [0, 0.05) is 12.1 Å². The Morgan fingerprint density at radius 1 is 1.27 bits per heavy atom. The Kier molecular flexibility index (Phi) is 1.93. The zero-order chi connectivity index (χ0) is 7.52. The predicted molar refractivity (Wildman–Crippen MR) is 44.4 cm³/mol. The summed E-state index contributed by atoms with van der Waals surface area (Å²) in [5, 5.41) is 0. The summed E-state index contributed by atoms with van der Waals surface area (Å²) in [6.45, 7) is 0. The van der Waals surface area contributed by atoms with Crippen LogP contribution in [0.15, 0.2) is 12.5 Å². The van der Waals surface area contributed by atoms with E-state index in [2.05, 4.69) is 9.97 Å². The number of imidazole rings is 1. The number of nitrogens with one attached hydrogen (secondary N) is 1. The topological polar surface area (TPSA) is 28.7 Å². The van der Waals surface area contributed by atoms with Crippen LogP contribution in [0.1, 0.15) is 43.7 Å². The van der Waals surface area contributed by atoms with Crippen LogP contribution in [0.25, 0.3) is 0 Å². The Hall–Kier alpha value is -0.790. The molecule has 2 heteroatoms. The van der Waals surface area contributed by atoms with Crippen LogP contribution in [0.3, 0.4) is 0 Å². The molecule has 0 aliphatic heterocycles. The Balaban J connectivity index is 2.04. The van der Waals surface area contributed by atoms with Gasteiger partial charge in [0.05, 0.1) is 12.0 Å². The smallest absolute Gasteiger partial charge is 0.0923 e. The molecule has 1 aromatic rings. The quantitative estimate of drug-likeness (QED) is 0.654. The SMILES string of the molecule is c1nc(C2CCCCC2)c[nH]1. The fourth-order valence-corrected chi connectivity index (χ4v) is 1.89. The van der Waals surface area contributed by atoms with Gasteiger partial charge in [-0.15, -0.1) is 0 Å². The molecule has 1 saturated carbocycles. The molecule has 1 fully saturated rings. The maximum Gasteiger partial charge on any atom is 0.0923 e. The molecule has 1 aromatic heterocycles. The third-order valence-corrected chi connectivity index (χ3v) is 2.54. The second-order valence-corrected chi connectivity index (χ2v) is 3.33. The van der Waals surface area contributed by atoms with E-state index in [0.29, 0.717) is 0 Å². The van der Waals surface area contributed by atoms with Crippen molar-refractivity contribution in [2.75, 3.05) is 0 Å². The van der Waals surface area contributed by atoms with E-state index in [1.165, 1.54) is 37.8 Å². The van der Waals surface area contributed by atoms with Gasteiger partial charge in [0.15, 0.2) is 0 Å². The molecule has 0 aromatic carbocycles. The highest BCUT2D eigenvalue weighted by Gasteiger charge is 2.16. The van der Waals surface area contributed by atoms with E-state index in [-0.39, 0.29) is 0 Å². The largest absolute Gasteiger partial charge is 0.351 e. The van der Waals surface area contributed by atoms with Crippen LogP contribution < -0.4 is 0 Å². The molecular weight excluding hydrogens is 136 g/mol. The molecule has 1 heterocycles. The maximum atomic E-state index is 4.28. The Labute approximate surface area is 67.0 Å². The molecule has 0 amide bonds. The van der Waals surface area contributed by atoms with Crippen molar-refractivity contribution in [3.8, 4) is 0 Å². The van der Waals surface area contributed by atoms with Crippen molar-refractivity contribution >= 4 is 0 Å². The third kappa shape index (κ3) is 1.44. The van der Waals surface area contributed by atoms with Gasteiger partial charge in [-0.25, -0.2) is 4.98 Å². The van der Waals surface area contributed by atoms with E-state index < -0.39 is 0 Å². The summed E-state index contributed by atoms with van der Waals surface area (Å²) < 4.78 is 0. The number of rotatable bonds is 1. The lowest BCUT2D eigenvalue weighted by Crippen LogP contribution is -2.04. The molecule has 0 bridgehead atoms. The number of aromatic amines is 1. The maximum absolute atomic E-state index is 4.28. The first kappa shape index (κ1) is 6.89. The van der Waals surface area contributed by atoms with Gasteiger partial charge >= 0.3 is 0 Å². The van der Waals surface area contributed by atoms with Crippen molar-refractivity contribution in [3.63, 3.8) is 0 Å². The van der Waals surface area contributed by atoms with Gasteiger partial charge in [-0.1, -0.05) is 19.3 Å². The lowest BCUT2D eigenvalue weighted by Gasteiger charge is -2.19. The van der Waals surface area contributed by atoms with Crippen molar-refractivity contribution in [3.05, 3.63) is 18.2 Å². The average Bonchev–Trinajstić information content (AvgIpc) is 2.58. The summed E-state index contributed by atoms with van der Waals surface area (Å²) in [6, 6.07) is 0. The van der Waals surface area contributed by atoms with E-state index in [1.54, 1.807) is 6.33 Å². The van der Waals surface area contributed by atoms with Crippen LogP contribution in [0.4, 0.5) is 0 Å². The first-order chi connectivity index (χ1) is 5.47. The van der Waals surface area contributed by atoms with Crippen LogP contribution in [-0.2, 0) is 0 Å². The molecule has 1 aliphatic rings. The minimum Gasteiger partial charge on any atom is -0.351 e. The third-order valence-electron chi connectivity index (χ3n) is 2.54. The monoisotopic (exact) mass is 150 g/mol. The first-order valence-electron chi connectivity index (χ1n) is 4.45. The van der Waals surface area contributed by atoms with Crippen molar-refractivity contribution in [2.45, 2.75) is 38.0 Å². The van der Waals surface area contributed by atoms with Gasteiger partial charge in [-0.3, -0.25) is 0 Å². The summed E-state index contributed by atoms with van der Waals surface area (Å²) in [5.74, 6) is 0.745. The molecule has 0 atom stereocenters. The molecule has 0 radical (unpaired) electrons. The molecule has 0 saturated heterocycles. The summed E-state index contributed by atoms with van der Waals surface area (Å²) in [5.41, 5.74) is 1.27. The van der Waals surface area contributed by atoms with E-state index >= 15 is 0 Å². The molecule has 1 N–H and O–H groups in total. The van der Waals surface area contributed by atoms with E-state index in [9.17, 15) is 0 Å². The van der Waals surface area contributed by atoms with Crippen LogP contribution in [0, 0.1) is 0 Å². The Bertz CT molecular complexity index is 197. The van der Waals surface area contributed by atoms with Gasteiger partial charge in [0.1, 0.15) is 0 Å². The van der Waals surface area contributed by atoms with E-state index in [1.807, 2.05) is 6.20 Å². The van der Waals surface area contributed by atoms with Crippen LogP contribution >= 0.6 is 0 Å². The van der Waals surface area contributed by atoms with Crippen molar-refractivity contribution < 1.29 is 0 Å². The second kappa shape index (κ2) is 3.07. The molecule has 11 heavy (non-hydrogen) atoms. The van der Waals surface area contributed by atoms with Gasteiger partial charge in [0.2, 0.25) is 0 Å². The van der Waals surface area contributed by atoms with Crippen molar-refractivity contribution in [1.29, 1.82) is 0 Å². The number of H-pyrrole nitrogens is 1. The first-order valence-corrected chi connectivity index (χ1v) is 4.45. The fourth-order valence-electron chi connectivity index (χ4n) is 1.89. The normalized spacial score (nSPS) is 20.4. The second-order valence-electron chi connectivity index (χ2n) is 3.33. The lowest BCUT2D eigenvalue weighted by molar-refractivity contribution is 0.437. The van der Waals surface area contributed by atoms with Gasteiger partial charge in [-0.05, 0) is 12.8 Å². The summed E-state index contributed by atoms with van der Waals surface area (Å²) in [7, 11) is 0. The molecule has 2 rings (SSSR count). The van der Waals surface area contributed by atoms with Crippen LogP contribution in [0.5, 0.6) is 0 Å². The van der Waals surface area contributed by atoms with Crippen molar-refractivity contribution in [1.82, 2.24) is 9.97 Å². The number of hydrogen-bond donors (Lipinski definition) is 1. The summed E-state index contributed by atoms with van der Waals surface area (Å²) >= 11 is 0. The lowest BCUT2D eigenvalue weighted by atomic mass is 9.87. The van der Waals surface area contributed by atoms with E-state index in [0.717, 1.165) is 5.92 Å². The minimum absolute atomic E-state index is 0.745. The number of hydrogen-bond acceptors (Lipinski definition) is 1. The Morgan fingerprint density at radius 3 is 2.73 bits per heavy atom. The van der Waals surface area contributed by atoms with Crippen LogP contribution in [-0.4, -0.2) is 9.97 Å². The minimum atomic E-state index is 0.745. The number of aromatic nitrogens is 2. The van der Waals surface area contributed by atoms with E-state index in [4.69, 9.17) is 0 Å². The highest BCUT2D eigenvalue weighted by Crippen LogP contribution is 2.30.